The van der Waals surface area contributed by atoms with E-state index in [-0.39, 0.29) is 0 Å². The summed E-state index contributed by atoms with van der Waals surface area (Å²) in [5, 5.41) is 0. The molecule has 0 amide bonds. The molecular weight excluding hydrogens is 308 g/mol. The zero-order valence-corrected chi connectivity index (χ0v) is 14.0. The molecule has 3 heteroatoms. The average molecular weight is 326 g/mol. The van der Waals surface area contributed by atoms with Gasteiger partial charge >= 0.3 is 0 Å². The van der Waals surface area contributed by atoms with Gasteiger partial charge in [0.05, 0.1) is 24.2 Å². The van der Waals surface area contributed by atoms with E-state index >= 15 is 0 Å². The Bertz CT molecular complexity index is 975. The molecular formula is C22H18N2O. The second-order valence-corrected chi connectivity index (χ2v) is 5.72. The van der Waals surface area contributed by atoms with E-state index in [9.17, 15) is 0 Å². The number of nitrogens with zero attached hydrogens (tertiary/aromatic N) is 2. The number of methoxy groups -OCH3 is 1. The van der Waals surface area contributed by atoms with E-state index in [1.165, 1.54) is 0 Å². The summed E-state index contributed by atoms with van der Waals surface area (Å²) in [6.45, 7) is 0. The van der Waals surface area contributed by atoms with Crippen LogP contribution in [0, 0.1) is 0 Å². The summed E-state index contributed by atoms with van der Waals surface area (Å²) >= 11 is 0. The van der Waals surface area contributed by atoms with Crippen LogP contribution in [0.25, 0.3) is 28.2 Å². The van der Waals surface area contributed by atoms with Crippen LogP contribution in [-0.2, 0) is 0 Å². The Morgan fingerprint density at radius 1 is 0.720 bits per heavy atom. The highest BCUT2D eigenvalue weighted by Gasteiger charge is 2.17. The number of benzene rings is 3. The van der Waals surface area contributed by atoms with Gasteiger partial charge in [-0.15, -0.1) is 0 Å². The van der Waals surface area contributed by atoms with E-state index < -0.39 is 0 Å². The van der Waals surface area contributed by atoms with Crippen molar-refractivity contribution in [2.24, 2.45) is 0 Å². The van der Waals surface area contributed by atoms with Crippen molar-refractivity contribution >= 4 is 0 Å². The molecule has 0 atom stereocenters. The maximum Gasteiger partial charge on any atom is 0.142 e. The standard InChI is InChI=1S/C22H18N2O/c1-25-20-15-9-8-14-19(20)24-16-23-21(17-10-4-2-5-11-17)22(24)18-12-6-3-7-13-18/h2-16H,1H3. The average Bonchev–Trinajstić information content (AvgIpc) is 3.14. The van der Waals surface area contributed by atoms with Gasteiger partial charge < -0.3 is 4.74 Å². The molecule has 3 nitrogen and oxygen atoms in total. The van der Waals surface area contributed by atoms with E-state index in [4.69, 9.17) is 9.72 Å². The highest BCUT2D eigenvalue weighted by Crippen LogP contribution is 2.35. The Balaban J connectivity index is 1.99. The van der Waals surface area contributed by atoms with Gasteiger partial charge in [-0.2, -0.15) is 0 Å². The highest BCUT2D eigenvalue weighted by atomic mass is 16.5. The van der Waals surface area contributed by atoms with Crippen LogP contribution in [0.3, 0.4) is 0 Å². The molecule has 0 bridgehead atoms. The molecule has 1 heterocycles. The largest absolute Gasteiger partial charge is 0.495 e. The number of rotatable bonds is 4. The first-order chi connectivity index (χ1) is 12.4. The van der Waals surface area contributed by atoms with Gasteiger partial charge in [0.2, 0.25) is 0 Å². The Morgan fingerprint density at radius 2 is 1.32 bits per heavy atom. The molecule has 0 fully saturated rings. The zero-order valence-electron chi connectivity index (χ0n) is 14.0. The Morgan fingerprint density at radius 3 is 2.00 bits per heavy atom. The van der Waals surface area contributed by atoms with E-state index in [0.29, 0.717) is 0 Å². The third-order valence-electron chi connectivity index (χ3n) is 4.21. The van der Waals surface area contributed by atoms with Crippen molar-refractivity contribution in [3.8, 4) is 34.0 Å². The Hall–Kier alpha value is -3.33. The van der Waals surface area contributed by atoms with Crippen molar-refractivity contribution < 1.29 is 4.74 Å². The molecule has 3 aromatic carbocycles. The molecule has 0 unspecified atom stereocenters. The molecule has 4 rings (SSSR count). The molecule has 1 aromatic heterocycles. The fourth-order valence-electron chi connectivity index (χ4n) is 3.04. The second kappa shape index (κ2) is 6.65. The summed E-state index contributed by atoms with van der Waals surface area (Å²) in [5.41, 5.74) is 5.19. The molecule has 0 saturated carbocycles. The van der Waals surface area contributed by atoms with Gasteiger partial charge in [-0.05, 0) is 12.1 Å². The lowest BCUT2D eigenvalue weighted by Gasteiger charge is -2.13. The van der Waals surface area contributed by atoms with Crippen molar-refractivity contribution in [2.75, 3.05) is 7.11 Å². The summed E-state index contributed by atoms with van der Waals surface area (Å²) in [4.78, 5) is 4.72. The molecule has 0 saturated heterocycles. The van der Waals surface area contributed by atoms with Crippen LogP contribution >= 0.6 is 0 Å². The topological polar surface area (TPSA) is 27.1 Å². The monoisotopic (exact) mass is 326 g/mol. The molecule has 0 N–H and O–H groups in total. The van der Waals surface area contributed by atoms with Crippen molar-refractivity contribution in [2.45, 2.75) is 0 Å². The molecule has 122 valence electrons. The third-order valence-corrected chi connectivity index (χ3v) is 4.21. The molecule has 0 aliphatic heterocycles. The Labute approximate surface area is 147 Å². The van der Waals surface area contributed by atoms with Crippen molar-refractivity contribution in [3.05, 3.63) is 91.3 Å². The van der Waals surface area contributed by atoms with Crippen LogP contribution in [0.5, 0.6) is 5.75 Å². The SMILES string of the molecule is COc1ccccc1-n1cnc(-c2ccccc2)c1-c1ccccc1. The summed E-state index contributed by atoms with van der Waals surface area (Å²) in [6.07, 6.45) is 1.86. The van der Waals surface area contributed by atoms with Gasteiger partial charge in [-0.3, -0.25) is 4.57 Å². The van der Waals surface area contributed by atoms with Crippen molar-refractivity contribution in [1.82, 2.24) is 9.55 Å². The predicted molar refractivity (Wildman–Crippen MR) is 101 cm³/mol. The minimum absolute atomic E-state index is 0.816. The second-order valence-electron chi connectivity index (χ2n) is 5.72. The van der Waals surface area contributed by atoms with Gasteiger partial charge in [-0.25, -0.2) is 4.98 Å². The normalized spacial score (nSPS) is 10.6. The summed E-state index contributed by atoms with van der Waals surface area (Å²) < 4.78 is 7.65. The number of aromatic nitrogens is 2. The van der Waals surface area contributed by atoms with Crippen molar-refractivity contribution in [1.29, 1.82) is 0 Å². The van der Waals surface area contributed by atoms with Crippen LogP contribution in [0.2, 0.25) is 0 Å². The minimum atomic E-state index is 0.816. The lowest BCUT2D eigenvalue weighted by Crippen LogP contribution is -1.99. The van der Waals surface area contributed by atoms with Crippen molar-refractivity contribution in [3.63, 3.8) is 0 Å². The molecule has 25 heavy (non-hydrogen) atoms. The van der Waals surface area contributed by atoms with E-state index in [1.807, 2.05) is 67.0 Å². The lowest BCUT2D eigenvalue weighted by molar-refractivity contribution is 0.413. The van der Waals surface area contributed by atoms with Crippen LogP contribution in [0.1, 0.15) is 0 Å². The quantitative estimate of drug-likeness (QED) is 0.514. The summed E-state index contributed by atoms with van der Waals surface area (Å²) in [5.74, 6) is 0.816. The van der Waals surface area contributed by atoms with Gasteiger partial charge in [0.25, 0.3) is 0 Å². The number of hydrogen-bond acceptors (Lipinski definition) is 2. The Kier molecular flexibility index (Phi) is 4.05. The number of hydrogen-bond donors (Lipinski definition) is 0. The van der Waals surface area contributed by atoms with Gasteiger partial charge in [0.1, 0.15) is 12.1 Å². The molecule has 0 radical (unpaired) electrons. The highest BCUT2D eigenvalue weighted by molar-refractivity contribution is 5.80. The lowest BCUT2D eigenvalue weighted by atomic mass is 10.0. The first-order valence-corrected chi connectivity index (χ1v) is 8.20. The first-order valence-electron chi connectivity index (χ1n) is 8.20. The van der Waals surface area contributed by atoms with Crippen LogP contribution in [-0.4, -0.2) is 16.7 Å². The van der Waals surface area contributed by atoms with Gasteiger partial charge in [0, 0.05) is 11.1 Å². The van der Waals surface area contributed by atoms with Crippen LogP contribution in [0.15, 0.2) is 91.3 Å². The summed E-state index contributed by atoms with van der Waals surface area (Å²) in [6, 6.07) is 28.6. The smallest absolute Gasteiger partial charge is 0.142 e. The molecule has 0 spiro atoms. The molecule has 4 aromatic rings. The number of imidazole rings is 1. The van der Waals surface area contributed by atoms with Crippen LogP contribution in [0.4, 0.5) is 0 Å². The molecule has 0 aliphatic carbocycles. The maximum atomic E-state index is 5.56. The van der Waals surface area contributed by atoms with E-state index in [1.54, 1.807) is 7.11 Å². The fourth-order valence-corrected chi connectivity index (χ4v) is 3.04. The zero-order chi connectivity index (χ0) is 17.1. The van der Waals surface area contributed by atoms with E-state index in [0.717, 1.165) is 34.0 Å². The summed E-state index contributed by atoms with van der Waals surface area (Å²) in [7, 11) is 1.69. The number of para-hydroxylation sites is 2. The third kappa shape index (κ3) is 2.81. The number of ether oxygens (including phenoxy) is 1. The minimum Gasteiger partial charge on any atom is -0.495 e. The maximum absolute atomic E-state index is 5.56. The van der Waals surface area contributed by atoms with Crippen LogP contribution < -0.4 is 4.74 Å². The van der Waals surface area contributed by atoms with Gasteiger partial charge in [0.15, 0.2) is 0 Å². The van der Waals surface area contributed by atoms with Gasteiger partial charge in [-0.1, -0.05) is 72.8 Å². The molecule has 0 aliphatic rings. The fraction of sp³-hybridized carbons (Fsp3) is 0.0455. The predicted octanol–water partition coefficient (Wildman–Crippen LogP) is 5.21. The first kappa shape index (κ1) is 15.2. The van der Waals surface area contributed by atoms with E-state index in [2.05, 4.69) is 28.8 Å².